The van der Waals surface area contributed by atoms with Crippen molar-refractivity contribution < 1.29 is 28.6 Å². The highest BCUT2D eigenvalue weighted by Crippen LogP contribution is 2.23. The quantitative estimate of drug-likeness (QED) is 0.673. The van der Waals surface area contributed by atoms with Crippen molar-refractivity contribution in [1.82, 2.24) is 4.98 Å². The number of H-pyrrole nitrogens is 1. The van der Waals surface area contributed by atoms with E-state index >= 15 is 0 Å². The van der Waals surface area contributed by atoms with E-state index in [0.717, 1.165) is 0 Å². The second-order valence-electron chi connectivity index (χ2n) is 5.96. The predicted octanol–water partition coefficient (Wildman–Crippen LogP) is 2.06. The average molecular weight is 323 g/mol. The Morgan fingerprint density at radius 1 is 1.26 bits per heavy atom. The van der Waals surface area contributed by atoms with Gasteiger partial charge < -0.3 is 19.2 Å². The lowest BCUT2D eigenvalue weighted by Gasteiger charge is -2.09. The van der Waals surface area contributed by atoms with Gasteiger partial charge in [-0.1, -0.05) is 0 Å². The zero-order valence-corrected chi connectivity index (χ0v) is 13.9. The summed E-state index contributed by atoms with van der Waals surface area (Å²) in [7, 11) is 0. The van der Waals surface area contributed by atoms with Crippen molar-refractivity contribution in [2.45, 2.75) is 59.4 Å². The molecule has 0 radical (unpaired) electrons. The van der Waals surface area contributed by atoms with E-state index in [1.807, 2.05) is 0 Å². The standard InChI is InChI=1S/C16H21NO6/c1-7(2)21-15(19)12-9(4)13(17-10(12)5)16(20)23-11-6-8(3)22-14(11)18/h7-8,11,17H,6H2,1-5H3. The third-order valence-electron chi connectivity index (χ3n) is 3.56. The molecule has 1 aliphatic heterocycles. The van der Waals surface area contributed by atoms with Crippen LogP contribution in [0.3, 0.4) is 0 Å². The zero-order chi connectivity index (χ0) is 17.3. The van der Waals surface area contributed by atoms with Gasteiger partial charge in [0.05, 0.1) is 11.7 Å². The largest absolute Gasteiger partial charge is 0.460 e. The van der Waals surface area contributed by atoms with Gasteiger partial charge in [0.2, 0.25) is 6.10 Å². The molecule has 2 unspecified atom stereocenters. The Hall–Kier alpha value is -2.31. The fourth-order valence-electron chi connectivity index (χ4n) is 2.54. The lowest BCUT2D eigenvalue weighted by atomic mass is 10.1. The van der Waals surface area contributed by atoms with Crippen molar-refractivity contribution in [2.75, 3.05) is 0 Å². The minimum Gasteiger partial charge on any atom is -0.460 e. The molecule has 23 heavy (non-hydrogen) atoms. The number of aromatic amines is 1. The van der Waals surface area contributed by atoms with Gasteiger partial charge in [-0.05, 0) is 40.2 Å². The molecule has 2 rings (SSSR count). The van der Waals surface area contributed by atoms with Gasteiger partial charge in [-0.15, -0.1) is 0 Å². The summed E-state index contributed by atoms with van der Waals surface area (Å²) in [4.78, 5) is 38.8. The number of ether oxygens (including phenoxy) is 3. The Kier molecular flexibility index (Phi) is 4.77. The number of cyclic esters (lactones) is 1. The van der Waals surface area contributed by atoms with Crippen LogP contribution in [0.4, 0.5) is 0 Å². The summed E-state index contributed by atoms with van der Waals surface area (Å²) < 4.78 is 15.3. The maximum Gasteiger partial charge on any atom is 0.355 e. The number of rotatable bonds is 4. The lowest BCUT2D eigenvalue weighted by molar-refractivity contribution is -0.147. The third kappa shape index (κ3) is 3.55. The molecular formula is C16H21NO6. The van der Waals surface area contributed by atoms with Gasteiger partial charge in [0, 0.05) is 12.1 Å². The number of esters is 3. The SMILES string of the molecule is Cc1[nH]c(C(=O)OC2CC(C)OC2=O)c(C)c1C(=O)OC(C)C. The van der Waals surface area contributed by atoms with E-state index in [2.05, 4.69) is 4.98 Å². The van der Waals surface area contributed by atoms with Gasteiger partial charge in [-0.25, -0.2) is 14.4 Å². The average Bonchev–Trinajstić information content (AvgIpc) is 2.88. The van der Waals surface area contributed by atoms with E-state index in [0.29, 0.717) is 23.2 Å². The maximum atomic E-state index is 12.3. The number of aryl methyl sites for hydroxylation is 1. The van der Waals surface area contributed by atoms with Crippen LogP contribution in [-0.4, -0.2) is 41.2 Å². The lowest BCUT2D eigenvalue weighted by Crippen LogP contribution is -2.23. The van der Waals surface area contributed by atoms with Crippen molar-refractivity contribution in [2.24, 2.45) is 0 Å². The molecule has 0 aliphatic carbocycles. The number of nitrogens with one attached hydrogen (secondary N) is 1. The summed E-state index contributed by atoms with van der Waals surface area (Å²) in [5.74, 6) is -1.74. The smallest absolute Gasteiger partial charge is 0.355 e. The molecule has 1 aromatic heterocycles. The van der Waals surface area contributed by atoms with Gasteiger partial charge >= 0.3 is 17.9 Å². The fourth-order valence-corrected chi connectivity index (χ4v) is 2.54. The van der Waals surface area contributed by atoms with Crippen molar-refractivity contribution in [3.8, 4) is 0 Å². The van der Waals surface area contributed by atoms with Gasteiger partial charge in [-0.3, -0.25) is 0 Å². The Morgan fingerprint density at radius 3 is 2.43 bits per heavy atom. The normalized spacial score (nSPS) is 20.5. The molecule has 0 amide bonds. The zero-order valence-electron chi connectivity index (χ0n) is 13.9. The molecule has 7 heteroatoms. The molecule has 1 saturated heterocycles. The van der Waals surface area contributed by atoms with Gasteiger partial charge in [-0.2, -0.15) is 0 Å². The molecule has 1 fully saturated rings. The van der Waals surface area contributed by atoms with Crippen LogP contribution in [0.2, 0.25) is 0 Å². The second-order valence-corrected chi connectivity index (χ2v) is 5.96. The number of aromatic nitrogens is 1. The summed E-state index contributed by atoms with van der Waals surface area (Å²) >= 11 is 0. The molecule has 1 N–H and O–H groups in total. The molecule has 1 aliphatic rings. The monoisotopic (exact) mass is 323 g/mol. The molecule has 7 nitrogen and oxygen atoms in total. The molecule has 126 valence electrons. The van der Waals surface area contributed by atoms with Crippen LogP contribution in [0.5, 0.6) is 0 Å². The van der Waals surface area contributed by atoms with E-state index in [-0.39, 0.29) is 17.9 Å². The summed E-state index contributed by atoms with van der Waals surface area (Å²) in [6.07, 6.45) is -1.12. The van der Waals surface area contributed by atoms with Crippen molar-refractivity contribution in [3.05, 3.63) is 22.5 Å². The van der Waals surface area contributed by atoms with Gasteiger partial charge in [0.15, 0.2) is 0 Å². The maximum absolute atomic E-state index is 12.3. The first-order valence-electron chi connectivity index (χ1n) is 7.52. The molecule has 0 aromatic carbocycles. The van der Waals surface area contributed by atoms with E-state index in [4.69, 9.17) is 14.2 Å². The molecule has 2 atom stereocenters. The van der Waals surface area contributed by atoms with Crippen LogP contribution in [0.15, 0.2) is 0 Å². The fraction of sp³-hybridized carbons (Fsp3) is 0.562. The number of hydrogen-bond donors (Lipinski definition) is 1. The second kappa shape index (κ2) is 6.44. The molecule has 1 aromatic rings. The van der Waals surface area contributed by atoms with Gasteiger partial charge in [0.1, 0.15) is 11.8 Å². The Bertz CT molecular complexity index is 645. The molecule has 0 spiro atoms. The summed E-state index contributed by atoms with van der Waals surface area (Å²) in [6, 6.07) is 0. The first kappa shape index (κ1) is 17.1. The third-order valence-corrected chi connectivity index (χ3v) is 3.56. The highest BCUT2D eigenvalue weighted by atomic mass is 16.6. The van der Waals surface area contributed by atoms with Crippen LogP contribution in [0, 0.1) is 13.8 Å². The Morgan fingerprint density at radius 2 is 1.91 bits per heavy atom. The van der Waals surface area contributed by atoms with Crippen molar-refractivity contribution in [1.29, 1.82) is 0 Å². The Labute approximate surface area is 134 Å². The minimum absolute atomic E-state index is 0.144. The van der Waals surface area contributed by atoms with E-state index < -0.39 is 24.0 Å². The first-order valence-corrected chi connectivity index (χ1v) is 7.52. The van der Waals surface area contributed by atoms with E-state index in [1.54, 1.807) is 34.6 Å². The summed E-state index contributed by atoms with van der Waals surface area (Å²) in [5, 5.41) is 0. The van der Waals surface area contributed by atoms with Crippen LogP contribution < -0.4 is 0 Å². The summed E-state index contributed by atoms with van der Waals surface area (Å²) in [6.45, 7) is 8.53. The predicted molar refractivity (Wildman–Crippen MR) is 80.2 cm³/mol. The highest BCUT2D eigenvalue weighted by molar-refractivity contribution is 5.99. The van der Waals surface area contributed by atoms with Gasteiger partial charge in [0.25, 0.3) is 0 Å². The molecule has 2 heterocycles. The molecule has 0 saturated carbocycles. The van der Waals surface area contributed by atoms with Crippen LogP contribution in [0.25, 0.3) is 0 Å². The summed E-state index contributed by atoms with van der Waals surface area (Å²) in [5.41, 5.74) is 1.42. The number of carbonyl (C=O) groups excluding carboxylic acids is 3. The molecule has 0 bridgehead atoms. The topological polar surface area (TPSA) is 94.7 Å². The molecular weight excluding hydrogens is 302 g/mol. The highest BCUT2D eigenvalue weighted by Gasteiger charge is 2.36. The van der Waals surface area contributed by atoms with Crippen LogP contribution in [-0.2, 0) is 19.0 Å². The van der Waals surface area contributed by atoms with Crippen molar-refractivity contribution >= 4 is 17.9 Å². The van der Waals surface area contributed by atoms with Crippen LogP contribution >= 0.6 is 0 Å². The minimum atomic E-state index is -0.911. The van der Waals surface area contributed by atoms with Crippen molar-refractivity contribution in [3.63, 3.8) is 0 Å². The van der Waals surface area contributed by atoms with Crippen LogP contribution in [0.1, 0.15) is 59.3 Å². The van der Waals surface area contributed by atoms with E-state index in [9.17, 15) is 14.4 Å². The number of hydrogen-bond acceptors (Lipinski definition) is 6. The number of carbonyl (C=O) groups is 3. The first-order chi connectivity index (χ1) is 10.7. The Balaban J connectivity index is 2.19. The van der Waals surface area contributed by atoms with E-state index in [1.165, 1.54) is 0 Å².